The highest BCUT2D eigenvalue weighted by atomic mass is 16.6. The fourth-order valence-electron chi connectivity index (χ4n) is 2.37. The van der Waals surface area contributed by atoms with E-state index in [1.165, 1.54) is 6.92 Å². The number of para-hydroxylation sites is 1. The number of esters is 1. The molecule has 0 fully saturated rings. The summed E-state index contributed by atoms with van der Waals surface area (Å²) in [6.45, 7) is 1.42. The zero-order valence-corrected chi connectivity index (χ0v) is 10.6. The highest BCUT2D eigenvalue weighted by Gasteiger charge is 2.37. The van der Waals surface area contributed by atoms with Crippen molar-refractivity contribution in [3.8, 4) is 5.75 Å². The molecule has 1 aliphatic heterocycles. The van der Waals surface area contributed by atoms with Crippen LogP contribution in [0.2, 0.25) is 0 Å². The van der Waals surface area contributed by atoms with Crippen LogP contribution in [0.3, 0.4) is 0 Å². The van der Waals surface area contributed by atoms with Crippen LogP contribution in [0, 0.1) is 0 Å². The van der Waals surface area contributed by atoms with E-state index in [2.05, 4.69) is 0 Å². The number of hydrogen-bond donors (Lipinski definition) is 0. The van der Waals surface area contributed by atoms with Gasteiger partial charge >= 0.3 is 5.97 Å². The van der Waals surface area contributed by atoms with Crippen LogP contribution in [0.15, 0.2) is 54.6 Å². The summed E-state index contributed by atoms with van der Waals surface area (Å²) < 4.78 is 11.4. The van der Waals surface area contributed by atoms with Crippen molar-refractivity contribution in [1.29, 1.82) is 0 Å². The SMILES string of the molecule is CC(=O)O[C@@H]1c2ccccc2O[C@@H]1c1ccccc1. The maximum Gasteiger partial charge on any atom is 0.303 e. The Morgan fingerprint density at radius 3 is 2.47 bits per heavy atom. The Balaban J connectivity index is 2.00. The van der Waals surface area contributed by atoms with Gasteiger partial charge in [-0.15, -0.1) is 0 Å². The number of rotatable bonds is 2. The van der Waals surface area contributed by atoms with Crippen molar-refractivity contribution in [3.05, 3.63) is 65.7 Å². The van der Waals surface area contributed by atoms with Crippen molar-refractivity contribution in [2.24, 2.45) is 0 Å². The molecular formula is C16H14O3. The van der Waals surface area contributed by atoms with Gasteiger partial charge in [-0.3, -0.25) is 4.79 Å². The normalized spacial score (nSPS) is 20.5. The first-order valence-electron chi connectivity index (χ1n) is 6.23. The van der Waals surface area contributed by atoms with Gasteiger partial charge in [-0.05, 0) is 11.6 Å². The summed E-state index contributed by atoms with van der Waals surface area (Å²) in [5.41, 5.74) is 1.93. The third-order valence-electron chi connectivity index (χ3n) is 3.18. The Labute approximate surface area is 111 Å². The summed E-state index contributed by atoms with van der Waals surface area (Å²) in [4.78, 5) is 11.3. The lowest BCUT2D eigenvalue weighted by molar-refractivity contribution is -0.150. The van der Waals surface area contributed by atoms with Crippen LogP contribution >= 0.6 is 0 Å². The molecule has 2 aromatic carbocycles. The van der Waals surface area contributed by atoms with Gasteiger partial charge in [-0.2, -0.15) is 0 Å². The number of benzene rings is 2. The average molecular weight is 254 g/mol. The Morgan fingerprint density at radius 1 is 1.05 bits per heavy atom. The van der Waals surface area contributed by atoms with Gasteiger partial charge in [-0.1, -0.05) is 48.5 Å². The average Bonchev–Trinajstić information content (AvgIpc) is 2.78. The van der Waals surface area contributed by atoms with Gasteiger partial charge in [0.05, 0.1) is 0 Å². The van der Waals surface area contributed by atoms with Gasteiger partial charge in [-0.25, -0.2) is 0 Å². The molecule has 19 heavy (non-hydrogen) atoms. The maximum atomic E-state index is 11.3. The molecule has 0 amide bonds. The Kier molecular flexibility index (Phi) is 2.95. The number of hydrogen-bond acceptors (Lipinski definition) is 3. The zero-order valence-electron chi connectivity index (χ0n) is 10.6. The van der Waals surface area contributed by atoms with Gasteiger partial charge < -0.3 is 9.47 Å². The van der Waals surface area contributed by atoms with E-state index in [0.29, 0.717) is 0 Å². The summed E-state index contributed by atoms with van der Waals surface area (Å²) in [5, 5.41) is 0. The van der Waals surface area contributed by atoms with Crippen LogP contribution in [-0.2, 0) is 9.53 Å². The smallest absolute Gasteiger partial charge is 0.303 e. The van der Waals surface area contributed by atoms with Gasteiger partial charge in [0.25, 0.3) is 0 Å². The zero-order chi connectivity index (χ0) is 13.2. The molecule has 1 heterocycles. The molecule has 0 radical (unpaired) electrons. The molecule has 0 aromatic heterocycles. The molecular weight excluding hydrogens is 240 g/mol. The summed E-state index contributed by atoms with van der Waals surface area (Å²) >= 11 is 0. The molecule has 0 saturated carbocycles. The lowest BCUT2D eigenvalue weighted by Crippen LogP contribution is -2.15. The second-order valence-electron chi connectivity index (χ2n) is 4.52. The Morgan fingerprint density at radius 2 is 1.74 bits per heavy atom. The minimum absolute atomic E-state index is 0.275. The number of fused-ring (bicyclic) bond motifs is 1. The van der Waals surface area contributed by atoms with Crippen molar-refractivity contribution in [1.82, 2.24) is 0 Å². The van der Waals surface area contributed by atoms with Crippen molar-refractivity contribution in [2.75, 3.05) is 0 Å². The number of carbonyl (C=O) groups is 1. The van der Waals surface area contributed by atoms with Gasteiger partial charge in [0.1, 0.15) is 5.75 Å². The van der Waals surface area contributed by atoms with Crippen LogP contribution in [0.25, 0.3) is 0 Å². The number of ether oxygens (including phenoxy) is 2. The fraction of sp³-hybridized carbons (Fsp3) is 0.188. The molecule has 3 heteroatoms. The Bertz CT molecular complexity index is 592. The van der Waals surface area contributed by atoms with E-state index >= 15 is 0 Å². The summed E-state index contributed by atoms with van der Waals surface area (Å²) in [6.07, 6.45) is -0.654. The first-order valence-corrected chi connectivity index (χ1v) is 6.23. The lowest BCUT2D eigenvalue weighted by atomic mass is 10.0. The van der Waals surface area contributed by atoms with E-state index in [9.17, 15) is 4.79 Å². The van der Waals surface area contributed by atoms with Crippen LogP contribution < -0.4 is 4.74 Å². The lowest BCUT2D eigenvalue weighted by Gasteiger charge is -2.19. The van der Waals surface area contributed by atoms with E-state index in [1.54, 1.807) is 0 Å². The van der Waals surface area contributed by atoms with Crippen molar-refractivity contribution in [2.45, 2.75) is 19.1 Å². The van der Waals surface area contributed by atoms with E-state index < -0.39 is 0 Å². The van der Waals surface area contributed by atoms with Gasteiger partial charge in [0.15, 0.2) is 12.2 Å². The van der Waals surface area contributed by atoms with Crippen molar-refractivity contribution >= 4 is 5.97 Å². The summed E-state index contributed by atoms with van der Waals surface area (Å²) in [5.74, 6) is 0.480. The first kappa shape index (κ1) is 11.8. The fourth-order valence-corrected chi connectivity index (χ4v) is 2.37. The topological polar surface area (TPSA) is 35.5 Å². The number of carbonyl (C=O) groups excluding carboxylic acids is 1. The van der Waals surface area contributed by atoms with E-state index in [-0.39, 0.29) is 18.2 Å². The highest BCUT2D eigenvalue weighted by molar-refractivity contribution is 5.67. The second-order valence-corrected chi connectivity index (χ2v) is 4.52. The standard InChI is InChI=1S/C16H14O3/c1-11(17)18-16-13-9-5-6-10-14(13)19-15(16)12-7-3-2-4-8-12/h2-10,15-16H,1H3/t15-,16-/m1/s1. The summed E-state index contributed by atoms with van der Waals surface area (Å²) in [6, 6.07) is 17.5. The van der Waals surface area contributed by atoms with E-state index in [0.717, 1.165) is 16.9 Å². The molecule has 3 nitrogen and oxygen atoms in total. The van der Waals surface area contributed by atoms with Crippen LogP contribution in [0.1, 0.15) is 30.3 Å². The van der Waals surface area contributed by atoms with Gasteiger partial charge in [0, 0.05) is 12.5 Å². The molecule has 0 aliphatic carbocycles. The molecule has 0 N–H and O–H groups in total. The molecule has 3 rings (SSSR count). The largest absolute Gasteiger partial charge is 0.481 e. The van der Waals surface area contributed by atoms with E-state index in [4.69, 9.17) is 9.47 Å². The van der Waals surface area contributed by atoms with Crippen molar-refractivity contribution in [3.63, 3.8) is 0 Å². The van der Waals surface area contributed by atoms with Crippen LogP contribution in [-0.4, -0.2) is 5.97 Å². The molecule has 0 spiro atoms. The van der Waals surface area contributed by atoms with Crippen LogP contribution in [0.4, 0.5) is 0 Å². The first-order chi connectivity index (χ1) is 9.25. The van der Waals surface area contributed by atoms with Crippen molar-refractivity contribution < 1.29 is 14.3 Å². The van der Waals surface area contributed by atoms with E-state index in [1.807, 2.05) is 54.6 Å². The second kappa shape index (κ2) is 4.76. The third-order valence-corrected chi connectivity index (χ3v) is 3.18. The maximum absolute atomic E-state index is 11.3. The molecule has 0 unspecified atom stereocenters. The predicted octanol–water partition coefficient (Wildman–Crippen LogP) is 3.42. The molecule has 2 aromatic rings. The monoisotopic (exact) mass is 254 g/mol. The molecule has 1 aliphatic rings. The Hall–Kier alpha value is -2.29. The van der Waals surface area contributed by atoms with Gasteiger partial charge in [0.2, 0.25) is 0 Å². The molecule has 2 atom stereocenters. The predicted molar refractivity (Wildman–Crippen MR) is 70.8 cm³/mol. The highest BCUT2D eigenvalue weighted by Crippen LogP contribution is 2.46. The third kappa shape index (κ3) is 2.19. The summed E-state index contributed by atoms with van der Waals surface area (Å²) in [7, 11) is 0. The molecule has 0 bridgehead atoms. The molecule has 96 valence electrons. The quantitative estimate of drug-likeness (QED) is 0.770. The van der Waals surface area contributed by atoms with Crippen LogP contribution in [0.5, 0.6) is 5.75 Å². The minimum atomic E-state index is -0.379. The minimum Gasteiger partial charge on any atom is -0.481 e. The molecule has 0 saturated heterocycles.